The number of carbonyl (C=O) groups is 1. The van der Waals surface area contributed by atoms with Crippen molar-refractivity contribution in [3.8, 4) is 11.5 Å². The van der Waals surface area contributed by atoms with Crippen molar-refractivity contribution in [1.29, 1.82) is 5.41 Å². The molecule has 1 amide bonds. The van der Waals surface area contributed by atoms with Crippen molar-refractivity contribution in [3.05, 3.63) is 63.9 Å². The van der Waals surface area contributed by atoms with Crippen LogP contribution in [-0.2, 0) is 11.4 Å². The van der Waals surface area contributed by atoms with Gasteiger partial charge < -0.3 is 9.47 Å². The zero-order chi connectivity index (χ0) is 23.5. The van der Waals surface area contributed by atoms with Crippen LogP contribution >= 0.6 is 23.4 Å². The molecule has 33 heavy (non-hydrogen) atoms. The smallest absolute Gasteiger partial charge is 0.283 e. The van der Waals surface area contributed by atoms with Gasteiger partial charge in [0.15, 0.2) is 17.3 Å². The van der Waals surface area contributed by atoms with E-state index in [0.29, 0.717) is 35.1 Å². The molecule has 2 aromatic carbocycles. The van der Waals surface area contributed by atoms with Crippen LogP contribution in [0.5, 0.6) is 11.5 Å². The summed E-state index contributed by atoms with van der Waals surface area (Å²) in [5.41, 5.74) is 0.992. The number of carbonyl (C=O) groups excluding carboxylic acids is 1. The van der Waals surface area contributed by atoms with Crippen molar-refractivity contribution < 1.29 is 18.7 Å². The summed E-state index contributed by atoms with van der Waals surface area (Å²) in [7, 11) is 0. The number of ether oxygens (including phenoxy) is 2. The largest absolute Gasteiger partial charge is 0.490 e. The van der Waals surface area contributed by atoms with E-state index >= 15 is 0 Å². The number of nitrogens with zero attached hydrogens (tertiary/aromatic N) is 3. The fourth-order valence-corrected chi connectivity index (χ4v) is 4.28. The molecule has 0 aliphatic carbocycles. The molecule has 0 bridgehead atoms. The molecule has 0 unspecified atom stereocenters. The molecular weight excluding hydrogens is 467 g/mol. The van der Waals surface area contributed by atoms with Gasteiger partial charge in [0, 0.05) is 5.56 Å². The van der Waals surface area contributed by atoms with Crippen LogP contribution < -0.4 is 9.47 Å². The molecular formula is C23H20ClFN4O3S. The second-order valence-electron chi connectivity index (χ2n) is 7.01. The normalized spacial score (nSPS) is 16.6. The third-order valence-electron chi connectivity index (χ3n) is 4.77. The monoisotopic (exact) mass is 486 g/mol. The molecule has 2 aromatic rings. The van der Waals surface area contributed by atoms with Gasteiger partial charge in [-0.2, -0.15) is 15.1 Å². The van der Waals surface area contributed by atoms with E-state index in [4.69, 9.17) is 26.5 Å². The van der Waals surface area contributed by atoms with Crippen LogP contribution in [0.2, 0.25) is 5.02 Å². The maximum atomic E-state index is 13.9. The Bertz CT molecular complexity index is 1230. The van der Waals surface area contributed by atoms with Crippen LogP contribution in [0.4, 0.5) is 4.39 Å². The number of hydrogen-bond acceptors (Lipinski definition) is 6. The Morgan fingerprint density at radius 1 is 1.24 bits per heavy atom. The zero-order valence-corrected chi connectivity index (χ0v) is 19.5. The van der Waals surface area contributed by atoms with E-state index in [1.165, 1.54) is 28.9 Å². The van der Waals surface area contributed by atoms with E-state index < -0.39 is 5.91 Å². The molecule has 2 aliphatic heterocycles. The molecule has 0 saturated carbocycles. The number of fused-ring (bicyclic) bond motifs is 1. The number of nitrogens with one attached hydrogen (secondary N) is 1. The van der Waals surface area contributed by atoms with Crippen LogP contribution in [0.1, 0.15) is 31.4 Å². The van der Waals surface area contributed by atoms with Crippen molar-refractivity contribution in [2.75, 3.05) is 6.61 Å². The minimum atomic E-state index is -0.528. The molecule has 0 aromatic heterocycles. The first-order valence-electron chi connectivity index (χ1n) is 10.2. The van der Waals surface area contributed by atoms with Gasteiger partial charge in [0.1, 0.15) is 17.5 Å². The summed E-state index contributed by atoms with van der Waals surface area (Å²) in [5, 5.41) is 15.5. The molecule has 0 fully saturated rings. The van der Waals surface area contributed by atoms with Crippen molar-refractivity contribution >= 4 is 51.4 Å². The summed E-state index contributed by atoms with van der Waals surface area (Å²) in [4.78, 5) is 16.6. The molecule has 2 aliphatic rings. The summed E-state index contributed by atoms with van der Waals surface area (Å²) in [6.07, 6.45) is 2.20. The highest BCUT2D eigenvalue weighted by molar-refractivity contribution is 8.26. The summed E-state index contributed by atoms with van der Waals surface area (Å²) in [5.74, 6) is -0.357. The minimum Gasteiger partial charge on any atom is -0.490 e. The van der Waals surface area contributed by atoms with Crippen LogP contribution in [-0.4, -0.2) is 33.6 Å². The number of thioether (sulfide) groups is 1. The third-order valence-corrected chi connectivity index (χ3v) is 6.10. The molecule has 0 saturated heterocycles. The Balaban J connectivity index is 1.64. The first-order valence-corrected chi connectivity index (χ1v) is 11.4. The fraction of sp³-hybridized carbons (Fsp3) is 0.217. The van der Waals surface area contributed by atoms with Crippen molar-refractivity contribution in [1.82, 2.24) is 5.01 Å². The number of hydrogen-bond donors (Lipinski definition) is 1. The van der Waals surface area contributed by atoms with E-state index in [1.54, 1.807) is 30.3 Å². The van der Waals surface area contributed by atoms with Gasteiger partial charge in [-0.1, -0.05) is 36.7 Å². The van der Waals surface area contributed by atoms with Gasteiger partial charge in [0.25, 0.3) is 5.91 Å². The summed E-state index contributed by atoms with van der Waals surface area (Å²) >= 11 is 7.75. The molecule has 0 spiro atoms. The summed E-state index contributed by atoms with van der Waals surface area (Å²) < 4.78 is 25.4. The Labute approximate surface area is 199 Å². The van der Waals surface area contributed by atoms with Crippen LogP contribution in [0, 0.1) is 11.2 Å². The zero-order valence-electron chi connectivity index (χ0n) is 17.9. The molecule has 4 rings (SSSR count). The summed E-state index contributed by atoms with van der Waals surface area (Å²) in [6, 6.07) is 9.55. The van der Waals surface area contributed by atoms with Gasteiger partial charge in [-0.3, -0.25) is 10.2 Å². The number of aliphatic imine (C=N–C) groups is 1. The quantitative estimate of drug-likeness (QED) is 0.523. The average molecular weight is 487 g/mol. The number of amidine groups is 2. The van der Waals surface area contributed by atoms with E-state index in [-0.39, 0.29) is 34.6 Å². The first kappa shape index (κ1) is 23.0. The maximum absolute atomic E-state index is 13.9. The maximum Gasteiger partial charge on any atom is 0.283 e. The first-order chi connectivity index (χ1) is 15.9. The number of hydrazone groups is 1. The lowest BCUT2D eigenvalue weighted by atomic mass is 10.1. The number of amides is 1. The highest BCUT2D eigenvalue weighted by Gasteiger charge is 2.35. The Hall–Kier alpha value is -3.17. The lowest BCUT2D eigenvalue weighted by Crippen LogP contribution is -2.35. The number of rotatable bonds is 7. The Kier molecular flexibility index (Phi) is 6.80. The molecule has 1 N–H and O–H groups in total. The highest BCUT2D eigenvalue weighted by atomic mass is 35.5. The predicted octanol–water partition coefficient (Wildman–Crippen LogP) is 5.49. The standard InChI is InChI=1S/C23H20ClFN4O3S/c1-3-19-28-29-21(26)15(22(30)27-23(29)33-19)9-13-10-16(24)20(18(11-13)31-4-2)32-12-14-7-5-6-8-17(14)25/h5-11,26H,3-4,12H2,1-2H3. The average Bonchev–Trinajstić information content (AvgIpc) is 3.20. The van der Waals surface area contributed by atoms with Gasteiger partial charge in [-0.15, -0.1) is 0 Å². The lowest BCUT2D eigenvalue weighted by molar-refractivity contribution is -0.114. The fourth-order valence-electron chi connectivity index (χ4n) is 3.18. The van der Waals surface area contributed by atoms with Gasteiger partial charge >= 0.3 is 0 Å². The second kappa shape index (κ2) is 9.76. The van der Waals surface area contributed by atoms with Gasteiger partial charge in [0.05, 0.1) is 17.2 Å². The van der Waals surface area contributed by atoms with Crippen LogP contribution in [0.15, 0.2) is 52.1 Å². The van der Waals surface area contributed by atoms with E-state index in [1.807, 2.05) is 13.8 Å². The number of halogens is 2. The van der Waals surface area contributed by atoms with Gasteiger partial charge in [-0.25, -0.2) is 4.39 Å². The Morgan fingerprint density at radius 3 is 2.76 bits per heavy atom. The van der Waals surface area contributed by atoms with Crippen LogP contribution in [0.25, 0.3) is 6.08 Å². The molecule has 10 heteroatoms. The molecule has 170 valence electrons. The highest BCUT2D eigenvalue weighted by Crippen LogP contribution is 2.38. The van der Waals surface area contributed by atoms with E-state index in [2.05, 4.69) is 10.1 Å². The molecule has 0 atom stereocenters. The van der Waals surface area contributed by atoms with Crippen LogP contribution in [0.3, 0.4) is 0 Å². The topological polar surface area (TPSA) is 87.3 Å². The SMILES string of the molecule is CCOc1cc(C=C2C(=N)N3N=C(CC)SC3=NC2=O)cc(Cl)c1OCc1ccccc1F. The number of benzene rings is 2. The van der Waals surface area contributed by atoms with Gasteiger partial charge in [0.2, 0.25) is 5.17 Å². The van der Waals surface area contributed by atoms with Gasteiger partial charge in [-0.05, 0) is 54.9 Å². The van der Waals surface area contributed by atoms with Crippen molar-refractivity contribution in [2.45, 2.75) is 26.9 Å². The lowest BCUT2D eigenvalue weighted by Gasteiger charge is -2.20. The molecule has 7 nitrogen and oxygen atoms in total. The summed E-state index contributed by atoms with van der Waals surface area (Å²) in [6.45, 7) is 4.07. The third kappa shape index (κ3) is 4.79. The van der Waals surface area contributed by atoms with Crippen molar-refractivity contribution in [3.63, 3.8) is 0 Å². The van der Waals surface area contributed by atoms with E-state index in [0.717, 1.165) is 5.04 Å². The second-order valence-corrected chi connectivity index (χ2v) is 8.46. The predicted molar refractivity (Wildman–Crippen MR) is 129 cm³/mol. The Morgan fingerprint density at radius 2 is 2.03 bits per heavy atom. The van der Waals surface area contributed by atoms with Crippen molar-refractivity contribution in [2.24, 2.45) is 10.1 Å². The molecule has 2 heterocycles. The van der Waals surface area contributed by atoms with E-state index in [9.17, 15) is 9.18 Å². The minimum absolute atomic E-state index is 0.0298. The molecule has 0 radical (unpaired) electrons.